The molecule has 0 saturated heterocycles. The normalized spacial score (nSPS) is 12.0. The van der Waals surface area contributed by atoms with Gasteiger partial charge in [0.25, 0.3) is 0 Å². The quantitative estimate of drug-likeness (QED) is 0.858. The number of benzene rings is 1. The zero-order chi connectivity index (χ0) is 14.6. The molecular weight excluding hydrogens is 238 g/mol. The highest BCUT2D eigenvalue weighted by Crippen LogP contribution is 2.24. The summed E-state index contributed by atoms with van der Waals surface area (Å²) in [7, 11) is 3.76. The number of ether oxygens (including phenoxy) is 1. The first kappa shape index (κ1) is 16.0. The number of methoxy groups -OCH3 is 1. The van der Waals surface area contributed by atoms with Gasteiger partial charge < -0.3 is 9.84 Å². The van der Waals surface area contributed by atoms with Crippen molar-refractivity contribution in [2.75, 3.05) is 27.3 Å². The smallest absolute Gasteiger partial charge is 0.122 e. The van der Waals surface area contributed by atoms with Gasteiger partial charge in [0.1, 0.15) is 5.75 Å². The van der Waals surface area contributed by atoms with Crippen LogP contribution in [0.1, 0.15) is 30.5 Å². The molecule has 1 aromatic carbocycles. The summed E-state index contributed by atoms with van der Waals surface area (Å²) in [6.45, 7) is 9.45. The molecule has 0 aliphatic carbocycles. The van der Waals surface area contributed by atoms with Crippen molar-refractivity contribution in [2.45, 2.75) is 39.7 Å². The van der Waals surface area contributed by atoms with Gasteiger partial charge in [-0.15, -0.1) is 0 Å². The lowest BCUT2D eigenvalue weighted by Crippen LogP contribution is -2.45. The molecular formula is C16H27NO2. The number of aliphatic hydroxyl groups excluding tert-OH is 1. The van der Waals surface area contributed by atoms with E-state index in [4.69, 9.17) is 4.74 Å². The molecule has 0 radical (unpaired) electrons. The van der Waals surface area contributed by atoms with Crippen LogP contribution < -0.4 is 4.74 Å². The standard InChI is InChI=1S/C16H27NO2/c1-12-13(2)15(19-6)8-7-14(12)9-10-17(5)16(3,4)11-18/h7-8,18H,9-11H2,1-6H3. The van der Waals surface area contributed by atoms with E-state index in [1.165, 1.54) is 16.7 Å². The molecule has 0 amide bonds. The summed E-state index contributed by atoms with van der Waals surface area (Å²) in [4.78, 5) is 2.20. The lowest BCUT2D eigenvalue weighted by atomic mass is 9.98. The van der Waals surface area contributed by atoms with Gasteiger partial charge in [0.05, 0.1) is 13.7 Å². The van der Waals surface area contributed by atoms with Gasteiger partial charge in [-0.2, -0.15) is 0 Å². The summed E-state index contributed by atoms with van der Waals surface area (Å²) in [6.07, 6.45) is 0.983. The van der Waals surface area contributed by atoms with Crippen LogP contribution in [0.4, 0.5) is 0 Å². The van der Waals surface area contributed by atoms with E-state index in [9.17, 15) is 5.11 Å². The van der Waals surface area contributed by atoms with Crippen LogP contribution in [0.5, 0.6) is 5.75 Å². The lowest BCUT2D eigenvalue weighted by molar-refractivity contribution is 0.0800. The molecule has 0 aromatic heterocycles. The lowest BCUT2D eigenvalue weighted by Gasteiger charge is -2.34. The van der Waals surface area contributed by atoms with E-state index >= 15 is 0 Å². The van der Waals surface area contributed by atoms with Gasteiger partial charge in [-0.3, -0.25) is 4.90 Å². The van der Waals surface area contributed by atoms with Crippen molar-refractivity contribution in [1.82, 2.24) is 4.90 Å². The average Bonchev–Trinajstić information content (AvgIpc) is 2.40. The zero-order valence-corrected chi connectivity index (χ0v) is 13.1. The Balaban J connectivity index is 2.77. The summed E-state index contributed by atoms with van der Waals surface area (Å²) < 4.78 is 5.33. The first-order valence-corrected chi connectivity index (χ1v) is 6.78. The van der Waals surface area contributed by atoms with Crippen molar-refractivity contribution in [3.8, 4) is 5.75 Å². The molecule has 0 aliphatic heterocycles. The van der Waals surface area contributed by atoms with Crippen LogP contribution in [0.2, 0.25) is 0 Å². The van der Waals surface area contributed by atoms with Crippen LogP contribution in [-0.4, -0.2) is 42.9 Å². The van der Waals surface area contributed by atoms with Crippen molar-refractivity contribution >= 4 is 0 Å². The minimum Gasteiger partial charge on any atom is -0.496 e. The summed E-state index contributed by atoms with van der Waals surface area (Å²) in [5.74, 6) is 0.949. The van der Waals surface area contributed by atoms with Crippen LogP contribution in [-0.2, 0) is 6.42 Å². The Morgan fingerprint density at radius 3 is 2.37 bits per heavy atom. The monoisotopic (exact) mass is 265 g/mol. The van der Waals surface area contributed by atoms with Gasteiger partial charge in [-0.25, -0.2) is 0 Å². The van der Waals surface area contributed by atoms with Crippen molar-refractivity contribution in [3.63, 3.8) is 0 Å². The van der Waals surface area contributed by atoms with E-state index in [1.54, 1.807) is 7.11 Å². The molecule has 0 atom stereocenters. The highest BCUT2D eigenvalue weighted by Gasteiger charge is 2.22. The predicted octanol–water partition coefficient (Wildman–Crippen LogP) is 2.56. The van der Waals surface area contributed by atoms with Gasteiger partial charge in [0.15, 0.2) is 0 Å². The maximum atomic E-state index is 9.37. The Morgan fingerprint density at radius 1 is 1.21 bits per heavy atom. The van der Waals surface area contributed by atoms with Gasteiger partial charge >= 0.3 is 0 Å². The van der Waals surface area contributed by atoms with Gasteiger partial charge in [0.2, 0.25) is 0 Å². The van der Waals surface area contributed by atoms with E-state index in [0.717, 1.165) is 18.7 Å². The van der Waals surface area contributed by atoms with E-state index in [0.29, 0.717) is 0 Å². The second kappa shape index (κ2) is 6.40. The van der Waals surface area contributed by atoms with Crippen molar-refractivity contribution in [3.05, 3.63) is 28.8 Å². The fourth-order valence-electron chi connectivity index (χ4n) is 2.06. The number of hydrogen-bond acceptors (Lipinski definition) is 3. The molecule has 3 nitrogen and oxygen atoms in total. The van der Waals surface area contributed by atoms with Crippen LogP contribution >= 0.6 is 0 Å². The highest BCUT2D eigenvalue weighted by atomic mass is 16.5. The summed E-state index contributed by atoms with van der Waals surface area (Å²) in [6, 6.07) is 4.18. The van der Waals surface area contributed by atoms with Crippen molar-refractivity contribution < 1.29 is 9.84 Å². The van der Waals surface area contributed by atoms with Crippen LogP contribution in [0, 0.1) is 13.8 Å². The number of hydrogen-bond donors (Lipinski definition) is 1. The number of aliphatic hydroxyl groups is 1. The Morgan fingerprint density at radius 2 is 1.84 bits per heavy atom. The minimum atomic E-state index is -0.171. The highest BCUT2D eigenvalue weighted by molar-refractivity contribution is 5.43. The fourth-order valence-corrected chi connectivity index (χ4v) is 2.06. The molecule has 0 saturated carbocycles. The van der Waals surface area contributed by atoms with Gasteiger partial charge in [-0.1, -0.05) is 6.07 Å². The fraction of sp³-hybridized carbons (Fsp3) is 0.625. The first-order chi connectivity index (χ1) is 8.83. The number of rotatable bonds is 6. The third kappa shape index (κ3) is 3.71. The molecule has 19 heavy (non-hydrogen) atoms. The molecule has 1 rings (SSSR count). The number of nitrogens with zero attached hydrogens (tertiary/aromatic N) is 1. The van der Waals surface area contributed by atoms with Crippen molar-refractivity contribution in [2.24, 2.45) is 0 Å². The first-order valence-electron chi connectivity index (χ1n) is 6.78. The van der Waals surface area contributed by atoms with Gasteiger partial charge in [0, 0.05) is 12.1 Å². The molecule has 0 aliphatic rings. The Hall–Kier alpha value is -1.06. The molecule has 1 aromatic rings. The molecule has 0 heterocycles. The van der Waals surface area contributed by atoms with E-state index in [1.807, 2.05) is 6.07 Å². The molecule has 0 unspecified atom stereocenters. The second-order valence-corrected chi connectivity index (χ2v) is 5.82. The maximum absolute atomic E-state index is 9.37. The molecule has 108 valence electrons. The molecule has 0 fully saturated rings. The molecule has 1 N–H and O–H groups in total. The van der Waals surface area contributed by atoms with E-state index < -0.39 is 0 Å². The van der Waals surface area contributed by atoms with E-state index in [2.05, 4.69) is 45.7 Å². The zero-order valence-electron chi connectivity index (χ0n) is 13.1. The number of likely N-dealkylation sites (N-methyl/N-ethyl adjacent to an activating group) is 1. The molecule has 0 bridgehead atoms. The summed E-state index contributed by atoms with van der Waals surface area (Å²) in [5, 5.41) is 9.37. The second-order valence-electron chi connectivity index (χ2n) is 5.82. The van der Waals surface area contributed by atoms with Crippen LogP contribution in [0.15, 0.2) is 12.1 Å². The third-order valence-electron chi connectivity index (χ3n) is 4.21. The predicted molar refractivity (Wildman–Crippen MR) is 80.0 cm³/mol. The van der Waals surface area contributed by atoms with Crippen molar-refractivity contribution in [1.29, 1.82) is 0 Å². The van der Waals surface area contributed by atoms with Crippen LogP contribution in [0.25, 0.3) is 0 Å². The minimum absolute atomic E-state index is 0.171. The molecule has 0 spiro atoms. The van der Waals surface area contributed by atoms with E-state index in [-0.39, 0.29) is 12.1 Å². The Kier molecular flexibility index (Phi) is 5.39. The molecule has 3 heteroatoms. The average molecular weight is 265 g/mol. The SMILES string of the molecule is COc1ccc(CCN(C)C(C)(C)CO)c(C)c1C. The largest absolute Gasteiger partial charge is 0.496 e. The summed E-state index contributed by atoms with van der Waals surface area (Å²) in [5.41, 5.74) is 3.69. The maximum Gasteiger partial charge on any atom is 0.122 e. The van der Waals surface area contributed by atoms with Crippen LogP contribution in [0.3, 0.4) is 0 Å². The van der Waals surface area contributed by atoms with Gasteiger partial charge in [-0.05, 0) is 63.9 Å². The topological polar surface area (TPSA) is 32.7 Å². The Labute approximate surface area is 117 Å². The Bertz CT molecular complexity index is 427. The summed E-state index contributed by atoms with van der Waals surface area (Å²) >= 11 is 0. The third-order valence-corrected chi connectivity index (χ3v) is 4.21.